The number of nitrogens with zero attached hydrogens (tertiary/aromatic N) is 1. The van der Waals surface area contributed by atoms with Gasteiger partial charge >= 0.3 is 0 Å². The molecule has 0 saturated carbocycles. The van der Waals surface area contributed by atoms with Crippen molar-refractivity contribution in [2.45, 2.75) is 24.3 Å². The van der Waals surface area contributed by atoms with Crippen LogP contribution in [-0.4, -0.2) is 34.4 Å². The van der Waals surface area contributed by atoms with Crippen molar-refractivity contribution in [2.24, 2.45) is 11.5 Å². The zero-order valence-electron chi connectivity index (χ0n) is 8.38. The first-order valence-electron chi connectivity index (χ1n) is 4.76. The Morgan fingerprint density at radius 2 is 2.38 bits per heavy atom. The lowest BCUT2D eigenvalue weighted by Gasteiger charge is -2.33. The molecule has 4 N–H and O–H groups in total. The second-order valence-electron chi connectivity index (χ2n) is 3.68. The normalized spacial score (nSPS) is 25.2. The van der Waals surface area contributed by atoms with Gasteiger partial charge in [0, 0.05) is 17.4 Å². The van der Waals surface area contributed by atoms with Crippen LogP contribution < -0.4 is 11.5 Å². The molecule has 2 rings (SSSR count). The fourth-order valence-electron chi connectivity index (χ4n) is 1.80. The Labute approximate surface area is 96.0 Å². The molecule has 0 bridgehead atoms. The Kier molecular flexibility index (Phi) is 2.73. The topological polar surface area (TPSA) is 106 Å². The van der Waals surface area contributed by atoms with Crippen LogP contribution in [0.1, 0.15) is 12.8 Å². The largest absolute Gasteiger partial charge is 0.370 e. The van der Waals surface area contributed by atoms with Gasteiger partial charge < -0.3 is 11.5 Å². The first-order chi connectivity index (χ1) is 7.54. The molecule has 0 spiro atoms. The first kappa shape index (κ1) is 11.2. The summed E-state index contributed by atoms with van der Waals surface area (Å²) in [5.41, 5.74) is 11.1. The van der Waals surface area contributed by atoms with E-state index >= 15 is 0 Å². The molecule has 0 aromatic rings. The van der Waals surface area contributed by atoms with Crippen LogP contribution in [0.5, 0.6) is 0 Å². The van der Waals surface area contributed by atoms with E-state index in [4.69, 9.17) is 11.5 Å². The third-order valence-electron chi connectivity index (χ3n) is 2.55. The van der Waals surface area contributed by atoms with E-state index in [1.54, 1.807) is 0 Å². The molecule has 16 heavy (non-hydrogen) atoms. The van der Waals surface area contributed by atoms with E-state index < -0.39 is 11.9 Å². The molecule has 0 radical (unpaired) electrons. The number of carbonyl (C=O) groups excluding carboxylic acids is 3. The number of carbonyl (C=O) groups is 3. The fraction of sp³-hybridized carbons (Fsp3) is 0.444. The summed E-state index contributed by atoms with van der Waals surface area (Å²) in [5, 5.41) is -0.0263. The van der Waals surface area contributed by atoms with Crippen molar-refractivity contribution in [3.63, 3.8) is 0 Å². The number of amides is 2. The summed E-state index contributed by atoms with van der Waals surface area (Å²) in [7, 11) is 0. The summed E-state index contributed by atoms with van der Waals surface area (Å²) in [6, 6.07) is -0.596. The molecular formula is C9H11N3O3S. The monoisotopic (exact) mass is 241 g/mol. The van der Waals surface area contributed by atoms with E-state index in [2.05, 4.69) is 0 Å². The van der Waals surface area contributed by atoms with Crippen molar-refractivity contribution in [2.75, 3.05) is 0 Å². The second-order valence-corrected chi connectivity index (χ2v) is 4.90. The van der Waals surface area contributed by atoms with Crippen molar-refractivity contribution in [3.05, 3.63) is 10.6 Å². The number of β-lactam (4-membered cyclic amide) rings is 1. The molecule has 0 aromatic carbocycles. The van der Waals surface area contributed by atoms with E-state index in [9.17, 15) is 14.4 Å². The predicted molar refractivity (Wildman–Crippen MR) is 57.7 cm³/mol. The van der Waals surface area contributed by atoms with Crippen LogP contribution in [0.15, 0.2) is 10.6 Å². The molecule has 2 aliphatic heterocycles. The van der Waals surface area contributed by atoms with Gasteiger partial charge in [-0.25, -0.2) is 0 Å². The third-order valence-corrected chi connectivity index (χ3v) is 3.97. The van der Waals surface area contributed by atoms with Gasteiger partial charge in [-0.1, -0.05) is 0 Å². The van der Waals surface area contributed by atoms with Crippen molar-refractivity contribution >= 4 is 29.9 Å². The summed E-state index contributed by atoms with van der Waals surface area (Å²) < 4.78 is 0. The minimum atomic E-state index is -0.596. The van der Waals surface area contributed by atoms with Gasteiger partial charge in [0.1, 0.15) is 0 Å². The van der Waals surface area contributed by atoms with E-state index in [0.29, 0.717) is 23.3 Å². The van der Waals surface area contributed by atoms with Crippen molar-refractivity contribution in [1.29, 1.82) is 0 Å². The smallest absolute Gasteiger partial charge is 0.231 e. The Hall–Kier alpha value is -1.34. The molecule has 2 heterocycles. The number of fused-ring (bicyclic) bond motifs is 1. The predicted octanol–water partition coefficient (Wildman–Crippen LogP) is -1.10. The third kappa shape index (κ3) is 1.61. The lowest BCUT2D eigenvalue weighted by Crippen LogP contribution is -2.47. The summed E-state index contributed by atoms with van der Waals surface area (Å²) in [6.07, 6.45) is 1.00. The van der Waals surface area contributed by atoms with Gasteiger partial charge in [0.25, 0.3) is 0 Å². The molecule has 86 valence electrons. The highest BCUT2D eigenvalue weighted by molar-refractivity contribution is 8.04. The maximum atomic E-state index is 11.3. The van der Waals surface area contributed by atoms with Crippen molar-refractivity contribution < 1.29 is 14.4 Å². The maximum Gasteiger partial charge on any atom is 0.231 e. The van der Waals surface area contributed by atoms with Crippen molar-refractivity contribution in [1.82, 2.24) is 4.90 Å². The number of aldehydes is 1. The van der Waals surface area contributed by atoms with Gasteiger partial charge in [-0.2, -0.15) is 0 Å². The average Bonchev–Trinajstić information content (AvgIpc) is 2.49. The number of nitrogens with two attached hydrogens (primary N) is 2. The Balaban J connectivity index is 2.21. The number of primary amides is 1. The van der Waals surface area contributed by atoms with Crippen LogP contribution in [0, 0.1) is 0 Å². The number of hydrogen-bond donors (Lipinski definition) is 2. The standard InChI is InChI=1S/C9H11N3O3S/c10-4(1-6(11)14)9-5(3-13)12-7(15)2-8(12)16-9/h3-4,8H,1-2,10H2,(H2,11,14)/t4?,8-/m1/s1. The summed E-state index contributed by atoms with van der Waals surface area (Å²) in [6.45, 7) is 0. The molecule has 1 fully saturated rings. The Bertz CT molecular complexity index is 407. The average molecular weight is 241 g/mol. The van der Waals surface area contributed by atoms with Gasteiger partial charge in [0.15, 0.2) is 6.29 Å². The lowest BCUT2D eigenvalue weighted by atomic mass is 10.1. The number of hydrogen-bond acceptors (Lipinski definition) is 5. The highest BCUT2D eigenvalue weighted by Crippen LogP contribution is 2.46. The minimum Gasteiger partial charge on any atom is -0.370 e. The van der Waals surface area contributed by atoms with Gasteiger partial charge in [-0.05, 0) is 0 Å². The summed E-state index contributed by atoms with van der Waals surface area (Å²) in [4.78, 5) is 34.9. The van der Waals surface area contributed by atoms with Gasteiger partial charge in [-0.3, -0.25) is 19.3 Å². The van der Waals surface area contributed by atoms with E-state index in [0.717, 1.165) is 0 Å². The SMILES string of the molecule is NC(=O)CC(N)C1=C(C=O)N2C(=O)C[C@H]2S1. The minimum absolute atomic E-state index is 0.0194. The molecule has 0 aromatic heterocycles. The van der Waals surface area contributed by atoms with Crippen LogP contribution in [0.4, 0.5) is 0 Å². The van der Waals surface area contributed by atoms with E-state index in [-0.39, 0.29) is 17.7 Å². The number of allylic oxidation sites excluding steroid dienone is 1. The highest BCUT2D eigenvalue weighted by Gasteiger charge is 2.46. The quantitative estimate of drug-likeness (QED) is 0.480. The Morgan fingerprint density at radius 1 is 1.69 bits per heavy atom. The Morgan fingerprint density at radius 3 is 2.88 bits per heavy atom. The molecule has 2 amide bonds. The lowest BCUT2D eigenvalue weighted by molar-refractivity contribution is -0.139. The second kappa shape index (κ2) is 3.91. The van der Waals surface area contributed by atoms with Crippen LogP contribution >= 0.6 is 11.8 Å². The van der Waals surface area contributed by atoms with Gasteiger partial charge in [-0.15, -0.1) is 11.8 Å². The molecule has 1 saturated heterocycles. The summed E-state index contributed by atoms with van der Waals surface area (Å²) >= 11 is 1.37. The summed E-state index contributed by atoms with van der Waals surface area (Å²) in [5.74, 6) is -0.604. The number of thioether (sulfide) groups is 1. The molecule has 2 aliphatic rings. The molecule has 2 atom stereocenters. The highest BCUT2D eigenvalue weighted by atomic mass is 32.2. The van der Waals surface area contributed by atoms with Gasteiger partial charge in [0.05, 0.1) is 17.5 Å². The van der Waals surface area contributed by atoms with Crippen LogP contribution in [0.3, 0.4) is 0 Å². The van der Waals surface area contributed by atoms with Crippen LogP contribution in [0.2, 0.25) is 0 Å². The van der Waals surface area contributed by atoms with Gasteiger partial charge in [0.2, 0.25) is 11.8 Å². The zero-order chi connectivity index (χ0) is 11.9. The molecular weight excluding hydrogens is 230 g/mol. The van der Waals surface area contributed by atoms with E-state index in [1.807, 2.05) is 0 Å². The number of rotatable bonds is 4. The van der Waals surface area contributed by atoms with Crippen LogP contribution in [-0.2, 0) is 14.4 Å². The van der Waals surface area contributed by atoms with Crippen LogP contribution in [0.25, 0.3) is 0 Å². The maximum absolute atomic E-state index is 11.3. The molecule has 0 aliphatic carbocycles. The molecule has 1 unspecified atom stereocenters. The van der Waals surface area contributed by atoms with E-state index in [1.165, 1.54) is 16.7 Å². The van der Waals surface area contributed by atoms with Crippen molar-refractivity contribution in [3.8, 4) is 0 Å². The first-order valence-corrected chi connectivity index (χ1v) is 5.64. The molecule has 6 nitrogen and oxygen atoms in total. The molecule has 7 heteroatoms. The fourth-order valence-corrected chi connectivity index (χ4v) is 3.18. The zero-order valence-corrected chi connectivity index (χ0v) is 9.20.